The standard InChI is InChI=1S/2C4H10.7H2S/c2*1-4(2)3;;;;;;;/h2*4H,1-3H3;7*1H2. The average Bonchev–Trinajstić information content (AvgIpc) is 1.25. The van der Waals surface area contributed by atoms with E-state index >= 15 is 0 Å². The van der Waals surface area contributed by atoms with Crippen LogP contribution in [0.4, 0.5) is 0 Å². The molecule has 0 nitrogen and oxygen atoms in total. The zero-order chi connectivity index (χ0) is 7.15. The van der Waals surface area contributed by atoms with E-state index in [0.29, 0.717) is 0 Å². The fourth-order valence-electron chi connectivity index (χ4n) is 0. The van der Waals surface area contributed by atoms with Crippen molar-refractivity contribution in [2.45, 2.75) is 41.5 Å². The van der Waals surface area contributed by atoms with Gasteiger partial charge in [-0.2, -0.15) is 94.5 Å². The largest absolute Gasteiger partial charge is 0.197 e. The molecule has 0 aromatic carbocycles. The van der Waals surface area contributed by atoms with E-state index in [9.17, 15) is 0 Å². The molecule has 0 bridgehead atoms. The molecule has 0 amide bonds. The maximum absolute atomic E-state index is 2.17. The molecule has 0 heterocycles. The Hall–Kier alpha value is 2.45. The normalized spacial score (nSPS) is 4.80. The zero-order valence-electron chi connectivity index (χ0n) is 10.7. The van der Waals surface area contributed by atoms with Crippen LogP contribution in [0, 0.1) is 11.8 Å². The van der Waals surface area contributed by atoms with Crippen molar-refractivity contribution < 1.29 is 0 Å². The fraction of sp³-hybridized carbons (Fsp3) is 1.00. The second kappa shape index (κ2) is 55.0. The number of rotatable bonds is 0. The summed E-state index contributed by atoms with van der Waals surface area (Å²) in [5.41, 5.74) is 0. The Labute approximate surface area is 147 Å². The molecule has 0 unspecified atom stereocenters. The first-order chi connectivity index (χ1) is 3.46. The lowest BCUT2D eigenvalue weighted by Crippen LogP contribution is -1.66. The quantitative estimate of drug-likeness (QED) is 0.614. The summed E-state index contributed by atoms with van der Waals surface area (Å²) in [6.07, 6.45) is 0. The van der Waals surface area contributed by atoms with Crippen LogP contribution in [-0.4, -0.2) is 0 Å². The molecule has 0 saturated heterocycles. The molecule has 0 N–H and O–H groups in total. The Balaban J connectivity index is -0.00000000468. The molecule has 0 aliphatic carbocycles. The third-order valence-electron chi connectivity index (χ3n) is 0. The second-order valence-electron chi connectivity index (χ2n) is 3.46. The van der Waals surface area contributed by atoms with Crippen molar-refractivity contribution in [2.24, 2.45) is 11.8 Å². The minimum absolute atomic E-state index is 0. The summed E-state index contributed by atoms with van der Waals surface area (Å²) in [5, 5.41) is 0. The van der Waals surface area contributed by atoms with E-state index in [4.69, 9.17) is 0 Å². The van der Waals surface area contributed by atoms with Gasteiger partial charge in [0.25, 0.3) is 0 Å². The molecule has 0 aliphatic heterocycles. The van der Waals surface area contributed by atoms with E-state index in [0.717, 1.165) is 11.8 Å². The van der Waals surface area contributed by atoms with Crippen molar-refractivity contribution in [1.29, 1.82) is 0 Å². The van der Waals surface area contributed by atoms with E-state index in [1.165, 1.54) is 0 Å². The van der Waals surface area contributed by atoms with Crippen LogP contribution in [0.2, 0.25) is 0 Å². The highest BCUT2D eigenvalue weighted by molar-refractivity contribution is 7.60. The predicted molar refractivity (Wildman–Crippen MR) is 114 cm³/mol. The van der Waals surface area contributed by atoms with Gasteiger partial charge in [0.2, 0.25) is 0 Å². The van der Waals surface area contributed by atoms with Gasteiger partial charge in [0.05, 0.1) is 0 Å². The van der Waals surface area contributed by atoms with Crippen molar-refractivity contribution in [3.63, 3.8) is 0 Å². The number of hydrogen-bond acceptors (Lipinski definition) is 0. The van der Waals surface area contributed by atoms with Gasteiger partial charge in [0, 0.05) is 0 Å². The molecule has 0 aliphatic rings. The first-order valence-electron chi connectivity index (χ1n) is 3.46. The lowest BCUT2D eigenvalue weighted by molar-refractivity contribution is 0.736. The fourth-order valence-corrected chi connectivity index (χ4v) is 0. The van der Waals surface area contributed by atoms with E-state index < -0.39 is 0 Å². The van der Waals surface area contributed by atoms with Crippen LogP contribution >= 0.6 is 94.5 Å². The Morgan fingerprint density at radius 2 is 0.333 bits per heavy atom. The SMILES string of the molecule is CC(C)C.CC(C)C.S.S.S.S.S.S.S. The molecule has 7 heteroatoms. The van der Waals surface area contributed by atoms with E-state index in [2.05, 4.69) is 41.5 Å². The summed E-state index contributed by atoms with van der Waals surface area (Å²) >= 11 is 0. The maximum atomic E-state index is 2.17. The minimum Gasteiger partial charge on any atom is -0.197 e. The van der Waals surface area contributed by atoms with Crippen LogP contribution in [0.15, 0.2) is 0 Å². The summed E-state index contributed by atoms with van der Waals surface area (Å²) in [6, 6.07) is 0. The van der Waals surface area contributed by atoms with Gasteiger partial charge < -0.3 is 0 Å². The Bertz CT molecular complexity index is 30.5. The smallest absolute Gasteiger partial charge is 0.0500 e. The van der Waals surface area contributed by atoms with E-state index in [1.54, 1.807) is 0 Å². The molecule has 0 atom stereocenters. The van der Waals surface area contributed by atoms with Gasteiger partial charge >= 0.3 is 0 Å². The van der Waals surface area contributed by atoms with Crippen LogP contribution in [0.3, 0.4) is 0 Å². The molecule has 0 saturated carbocycles. The van der Waals surface area contributed by atoms with Gasteiger partial charge in [0.15, 0.2) is 0 Å². The van der Waals surface area contributed by atoms with E-state index in [-0.39, 0.29) is 94.5 Å². The van der Waals surface area contributed by atoms with Gasteiger partial charge in [-0.25, -0.2) is 0 Å². The summed E-state index contributed by atoms with van der Waals surface area (Å²) < 4.78 is 0. The molecule has 0 aromatic heterocycles. The summed E-state index contributed by atoms with van der Waals surface area (Å²) in [7, 11) is 0. The first kappa shape index (κ1) is 66.1. The minimum atomic E-state index is 0. The summed E-state index contributed by atoms with van der Waals surface area (Å²) in [4.78, 5) is 0. The van der Waals surface area contributed by atoms with Gasteiger partial charge in [-0.3, -0.25) is 0 Å². The van der Waals surface area contributed by atoms with Crippen molar-refractivity contribution in [3.05, 3.63) is 0 Å². The average molecular weight is 355 g/mol. The lowest BCUT2D eigenvalue weighted by Gasteiger charge is -1.79. The number of hydrogen-bond donors (Lipinski definition) is 0. The van der Waals surface area contributed by atoms with Crippen molar-refractivity contribution in [3.8, 4) is 0 Å². The van der Waals surface area contributed by atoms with Gasteiger partial charge in [-0.05, 0) is 11.8 Å². The molecule has 108 valence electrons. The summed E-state index contributed by atoms with van der Waals surface area (Å²) in [6.45, 7) is 13.0. The second-order valence-corrected chi connectivity index (χ2v) is 3.46. The zero-order valence-corrected chi connectivity index (χ0v) is 17.7. The van der Waals surface area contributed by atoms with Crippen LogP contribution in [-0.2, 0) is 0 Å². The Morgan fingerprint density at radius 3 is 0.333 bits per heavy atom. The highest BCUT2D eigenvalue weighted by Gasteiger charge is 1.68. The third-order valence-corrected chi connectivity index (χ3v) is 0. The molecule has 0 fully saturated rings. The van der Waals surface area contributed by atoms with Gasteiger partial charge in [-0.1, -0.05) is 41.5 Å². The highest BCUT2D eigenvalue weighted by Crippen LogP contribution is 1.81. The predicted octanol–water partition coefficient (Wildman–Crippen LogP) is 4.11. The van der Waals surface area contributed by atoms with Gasteiger partial charge in [0.1, 0.15) is 0 Å². The maximum Gasteiger partial charge on any atom is -0.0500 e. The van der Waals surface area contributed by atoms with Gasteiger partial charge in [-0.15, -0.1) is 0 Å². The molecule has 0 rings (SSSR count). The Morgan fingerprint density at radius 1 is 0.333 bits per heavy atom. The van der Waals surface area contributed by atoms with Crippen molar-refractivity contribution in [2.75, 3.05) is 0 Å². The Kier molecular flexibility index (Phi) is 242. The van der Waals surface area contributed by atoms with Crippen molar-refractivity contribution >= 4 is 94.5 Å². The molecule has 15 heavy (non-hydrogen) atoms. The van der Waals surface area contributed by atoms with E-state index in [1.807, 2.05) is 0 Å². The lowest BCUT2D eigenvalue weighted by atomic mass is 10.3. The van der Waals surface area contributed by atoms with Crippen LogP contribution in [0.1, 0.15) is 41.5 Å². The molecule has 0 spiro atoms. The van der Waals surface area contributed by atoms with Crippen LogP contribution in [0.25, 0.3) is 0 Å². The first-order valence-corrected chi connectivity index (χ1v) is 3.46. The molecular formula is C8H34S7. The summed E-state index contributed by atoms with van der Waals surface area (Å²) in [5.74, 6) is 1.67. The van der Waals surface area contributed by atoms with Crippen molar-refractivity contribution in [1.82, 2.24) is 0 Å². The topological polar surface area (TPSA) is 0 Å². The molecule has 0 radical (unpaired) electrons. The van der Waals surface area contributed by atoms with Crippen LogP contribution < -0.4 is 0 Å². The molecular weight excluding hydrogens is 321 g/mol. The highest BCUT2D eigenvalue weighted by atomic mass is 32.1. The monoisotopic (exact) mass is 354 g/mol. The molecule has 0 aromatic rings. The van der Waals surface area contributed by atoms with Crippen LogP contribution in [0.5, 0.6) is 0 Å². The third kappa shape index (κ3) is 572.